The molecule has 0 saturated carbocycles. The molecule has 1 amide bonds. The van der Waals surface area contributed by atoms with Gasteiger partial charge in [-0.05, 0) is 24.7 Å². The third kappa shape index (κ3) is 4.31. The molecule has 0 atom stereocenters. The molecule has 9 heteroatoms. The fourth-order valence-electron chi connectivity index (χ4n) is 2.49. The lowest BCUT2D eigenvalue weighted by molar-refractivity contribution is -0.117. The molecule has 9 nitrogen and oxygen atoms in total. The maximum absolute atomic E-state index is 12.2. The summed E-state index contributed by atoms with van der Waals surface area (Å²) < 4.78 is 20.8. The monoisotopic (exact) mass is 360 g/mol. The van der Waals surface area contributed by atoms with Crippen molar-refractivity contribution in [3.8, 4) is 23.3 Å². The van der Waals surface area contributed by atoms with Crippen molar-refractivity contribution in [3.63, 3.8) is 0 Å². The summed E-state index contributed by atoms with van der Waals surface area (Å²) in [6.07, 6.45) is 0. The van der Waals surface area contributed by atoms with Crippen LogP contribution in [-0.2, 0) is 11.3 Å². The Morgan fingerprint density at radius 1 is 1.15 bits per heavy atom. The van der Waals surface area contributed by atoms with Crippen molar-refractivity contribution < 1.29 is 23.7 Å². The highest BCUT2D eigenvalue weighted by molar-refractivity contribution is 5.90. The average molecular weight is 360 g/mol. The molecule has 1 N–H and O–H groups in total. The number of aromatic nitrogens is 2. The zero-order chi connectivity index (χ0) is 18.5. The van der Waals surface area contributed by atoms with Gasteiger partial charge in [0, 0.05) is 6.54 Å². The number of nitrogens with one attached hydrogen (secondary N) is 1. The number of amides is 1. The third-order valence-corrected chi connectivity index (χ3v) is 3.65. The number of methoxy groups -OCH3 is 2. The van der Waals surface area contributed by atoms with E-state index in [2.05, 4.69) is 15.3 Å². The Morgan fingerprint density at radius 2 is 1.85 bits per heavy atom. The molecule has 0 unspecified atom stereocenters. The number of carbonyl (C=O) groups excluding carboxylic acids is 1. The van der Waals surface area contributed by atoms with E-state index in [1.54, 1.807) is 0 Å². The number of likely N-dealkylation sites (N-methyl/N-ethyl adjacent to an activating group) is 1. The van der Waals surface area contributed by atoms with Gasteiger partial charge in [-0.1, -0.05) is 6.07 Å². The van der Waals surface area contributed by atoms with E-state index in [-0.39, 0.29) is 25.2 Å². The number of benzene rings is 1. The van der Waals surface area contributed by atoms with Crippen molar-refractivity contribution in [3.05, 3.63) is 29.8 Å². The van der Waals surface area contributed by atoms with Gasteiger partial charge in [-0.15, -0.1) is 0 Å². The van der Waals surface area contributed by atoms with E-state index in [4.69, 9.17) is 18.9 Å². The van der Waals surface area contributed by atoms with Crippen molar-refractivity contribution in [2.75, 3.05) is 39.9 Å². The first-order chi connectivity index (χ1) is 12.6. The van der Waals surface area contributed by atoms with Gasteiger partial charge in [0.25, 0.3) is 0 Å². The zero-order valence-corrected chi connectivity index (χ0v) is 14.8. The lowest BCUT2D eigenvalue weighted by atomic mass is 10.2. The Hall–Kier alpha value is -3.07. The molecule has 2 heterocycles. The van der Waals surface area contributed by atoms with Crippen LogP contribution >= 0.6 is 0 Å². The third-order valence-electron chi connectivity index (χ3n) is 3.65. The van der Waals surface area contributed by atoms with Crippen LogP contribution in [0.3, 0.4) is 0 Å². The molecule has 0 aliphatic carbocycles. The van der Waals surface area contributed by atoms with Gasteiger partial charge in [-0.3, -0.25) is 15.0 Å². The second-order valence-electron chi connectivity index (χ2n) is 5.68. The first kappa shape index (κ1) is 17.7. The van der Waals surface area contributed by atoms with Crippen LogP contribution in [0.4, 0.5) is 5.95 Å². The number of carbonyl (C=O) groups is 1. The summed E-state index contributed by atoms with van der Waals surface area (Å²) in [4.78, 5) is 22.3. The molecule has 1 aliphatic rings. The molecule has 2 aromatic rings. The second kappa shape index (κ2) is 7.87. The van der Waals surface area contributed by atoms with Gasteiger partial charge >= 0.3 is 0 Å². The minimum atomic E-state index is -0.247. The molecule has 1 aliphatic heterocycles. The molecule has 26 heavy (non-hydrogen) atoms. The van der Waals surface area contributed by atoms with E-state index in [0.717, 1.165) is 17.1 Å². The highest BCUT2D eigenvalue weighted by atomic mass is 16.7. The van der Waals surface area contributed by atoms with Crippen LogP contribution < -0.4 is 24.3 Å². The average Bonchev–Trinajstić information content (AvgIpc) is 3.08. The molecule has 0 spiro atoms. The molecule has 0 saturated heterocycles. The Morgan fingerprint density at radius 3 is 2.54 bits per heavy atom. The number of anilines is 1. The molecular weight excluding hydrogens is 340 g/mol. The van der Waals surface area contributed by atoms with Gasteiger partial charge in [0.2, 0.25) is 30.4 Å². The molecule has 138 valence electrons. The summed E-state index contributed by atoms with van der Waals surface area (Å²) in [5.74, 6) is 1.95. The number of rotatable bonds is 7. The SMILES string of the molecule is COc1cc(OC)nc(NC(=O)CN(C)Cc2ccc3c(c2)OCO3)n1. The fraction of sp³-hybridized carbons (Fsp3) is 0.353. The summed E-state index contributed by atoms with van der Waals surface area (Å²) in [5.41, 5.74) is 1.02. The summed E-state index contributed by atoms with van der Waals surface area (Å²) >= 11 is 0. The first-order valence-corrected chi connectivity index (χ1v) is 7.91. The van der Waals surface area contributed by atoms with E-state index >= 15 is 0 Å². The highest BCUT2D eigenvalue weighted by Crippen LogP contribution is 2.32. The van der Waals surface area contributed by atoms with E-state index in [1.807, 2.05) is 30.1 Å². The molecule has 1 aromatic carbocycles. The molecule has 0 bridgehead atoms. The largest absolute Gasteiger partial charge is 0.481 e. The molecule has 1 aromatic heterocycles. The number of nitrogens with zero attached hydrogens (tertiary/aromatic N) is 3. The first-order valence-electron chi connectivity index (χ1n) is 7.91. The summed E-state index contributed by atoms with van der Waals surface area (Å²) in [5, 5.41) is 2.64. The van der Waals surface area contributed by atoms with Crippen LogP contribution in [-0.4, -0.2) is 55.4 Å². The Balaban J connectivity index is 1.57. The second-order valence-corrected chi connectivity index (χ2v) is 5.68. The summed E-state index contributed by atoms with van der Waals surface area (Å²) in [6, 6.07) is 7.24. The summed E-state index contributed by atoms with van der Waals surface area (Å²) in [7, 11) is 4.80. The normalized spacial score (nSPS) is 12.2. The topological polar surface area (TPSA) is 95.0 Å². The molecular formula is C17H20N4O5. The van der Waals surface area contributed by atoms with E-state index < -0.39 is 0 Å². The Kier molecular flexibility index (Phi) is 5.37. The minimum absolute atomic E-state index is 0.127. The standard InChI is InChI=1S/C17H20N4O5/c1-21(8-11-4-5-12-13(6-11)26-10-25-12)9-14(22)18-17-19-15(23-2)7-16(20-17)24-3/h4-7H,8-10H2,1-3H3,(H,18,19,20,22). The van der Waals surface area contributed by atoms with Crippen molar-refractivity contribution in [1.82, 2.24) is 14.9 Å². The number of ether oxygens (including phenoxy) is 4. The molecule has 0 fully saturated rings. The zero-order valence-electron chi connectivity index (χ0n) is 14.8. The number of hydrogen-bond donors (Lipinski definition) is 1. The Labute approximate surface area is 150 Å². The van der Waals surface area contributed by atoms with Crippen molar-refractivity contribution in [2.24, 2.45) is 0 Å². The smallest absolute Gasteiger partial charge is 0.240 e. The molecule has 3 rings (SSSR count). The van der Waals surface area contributed by atoms with Gasteiger partial charge in [0.15, 0.2) is 11.5 Å². The van der Waals surface area contributed by atoms with Gasteiger partial charge in [-0.2, -0.15) is 9.97 Å². The maximum Gasteiger partial charge on any atom is 0.240 e. The van der Waals surface area contributed by atoms with Crippen molar-refractivity contribution in [1.29, 1.82) is 0 Å². The van der Waals surface area contributed by atoms with Crippen LogP contribution in [0.25, 0.3) is 0 Å². The van der Waals surface area contributed by atoms with Gasteiger partial charge in [0.05, 0.1) is 26.8 Å². The lowest BCUT2D eigenvalue weighted by Crippen LogP contribution is -2.30. The van der Waals surface area contributed by atoms with E-state index in [9.17, 15) is 4.79 Å². The predicted molar refractivity (Wildman–Crippen MR) is 92.7 cm³/mol. The quantitative estimate of drug-likeness (QED) is 0.789. The Bertz CT molecular complexity index is 776. The van der Waals surface area contributed by atoms with E-state index in [0.29, 0.717) is 18.3 Å². The number of hydrogen-bond acceptors (Lipinski definition) is 8. The van der Waals surface area contributed by atoms with Crippen molar-refractivity contribution in [2.45, 2.75) is 6.54 Å². The molecule has 0 radical (unpaired) electrons. The van der Waals surface area contributed by atoms with Gasteiger partial charge < -0.3 is 18.9 Å². The lowest BCUT2D eigenvalue weighted by Gasteiger charge is -2.16. The van der Waals surface area contributed by atoms with E-state index in [1.165, 1.54) is 20.3 Å². The van der Waals surface area contributed by atoms with Crippen LogP contribution in [0.15, 0.2) is 24.3 Å². The van der Waals surface area contributed by atoms with Crippen LogP contribution in [0.1, 0.15) is 5.56 Å². The van der Waals surface area contributed by atoms with Crippen LogP contribution in [0, 0.1) is 0 Å². The predicted octanol–water partition coefficient (Wildman–Crippen LogP) is 1.29. The summed E-state index contributed by atoms with van der Waals surface area (Å²) in [6.45, 7) is 0.977. The highest BCUT2D eigenvalue weighted by Gasteiger charge is 2.15. The maximum atomic E-state index is 12.2. The van der Waals surface area contributed by atoms with Gasteiger partial charge in [-0.25, -0.2) is 0 Å². The minimum Gasteiger partial charge on any atom is -0.481 e. The van der Waals surface area contributed by atoms with Crippen molar-refractivity contribution >= 4 is 11.9 Å². The van der Waals surface area contributed by atoms with Crippen LogP contribution in [0.5, 0.6) is 23.3 Å². The van der Waals surface area contributed by atoms with Gasteiger partial charge in [0.1, 0.15) is 0 Å². The van der Waals surface area contributed by atoms with Crippen LogP contribution in [0.2, 0.25) is 0 Å². The fourth-order valence-corrected chi connectivity index (χ4v) is 2.49. The number of fused-ring (bicyclic) bond motifs is 1.